The predicted molar refractivity (Wildman–Crippen MR) is 103 cm³/mol. The zero-order chi connectivity index (χ0) is 18.6. The Morgan fingerprint density at radius 1 is 0.926 bits per heavy atom. The third kappa shape index (κ3) is 3.46. The molecule has 1 aliphatic rings. The number of amides is 2. The predicted octanol–water partition coefficient (Wildman–Crippen LogP) is 2.63. The molecule has 27 heavy (non-hydrogen) atoms. The van der Waals surface area contributed by atoms with Crippen LogP contribution in [0, 0.1) is 0 Å². The minimum atomic E-state index is -1.07. The maximum atomic E-state index is 12.7. The van der Waals surface area contributed by atoms with Crippen molar-refractivity contribution < 1.29 is 9.59 Å². The lowest BCUT2D eigenvalue weighted by Gasteiger charge is -2.13. The highest BCUT2D eigenvalue weighted by atomic mass is 16.2. The zero-order valence-corrected chi connectivity index (χ0v) is 14.3. The molecule has 0 saturated heterocycles. The second kappa shape index (κ2) is 7.21. The Labute approximate surface area is 156 Å². The van der Waals surface area contributed by atoms with Gasteiger partial charge in [0.05, 0.1) is 11.4 Å². The van der Waals surface area contributed by atoms with Crippen LogP contribution in [-0.4, -0.2) is 28.7 Å². The number of benzodiazepines with no additional fused rings is 1. The summed E-state index contributed by atoms with van der Waals surface area (Å²) in [4.78, 5) is 33.7. The number of para-hydroxylation sites is 1. The second-order valence-electron chi connectivity index (χ2n) is 5.97. The van der Waals surface area contributed by atoms with Crippen molar-refractivity contribution in [2.24, 2.45) is 4.99 Å². The topological polar surface area (TPSA) is 83.5 Å². The van der Waals surface area contributed by atoms with Gasteiger partial charge in [-0.3, -0.25) is 14.6 Å². The number of aliphatic imine (C=N–C) groups is 1. The minimum absolute atomic E-state index is 0.225. The van der Waals surface area contributed by atoms with Gasteiger partial charge in [-0.25, -0.2) is 4.99 Å². The highest BCUT2D eigenvalue weighted by Crippen LogP contribution is 2.23. The average Bonchev–Trinajstić information content (AvgIpc) is 2.86. The van der Waals surface area contributed by atoms with Gasteiger partial charge in [-0.2, -0.15) is 0 Å². The number of benzene rings is 2. The molecule has 0 spiro atoms. The summed E-state index contributed by atoms with van der Waals surface area (Å²) in [6.07, 6.45) is 0.457. The van der Waals surface area contributed by atoms with Gasteiger partial charge < -0.3 is 10.6 Å². The molecule has 3 aromatic rings. The molecular weight excluding hydrogens is 340 g/mol. The molecule has 4 rings (SSSR count). The van der Waals surface area contributed by atoms with Crippen molar-refractivity contribution in [2.75, 3.05) is 5.32 Å². The Morgan fingerprint density at radius 3 is 2.44 bits per heavy atom. The van der Waals surface area contributed by atoms with Gasteiger partial charge in [0.15, 0.2) is 0 Å². The first-order chi connectivity index (χ1) is 13.2. The fourth-order valence-corrected chi connectivity index (χ4v) is 2.88. The molecule has 1 atom stereocenters. The monoisotopic (exact) mass is 356 g/mol. The van der Waals surface area contributed by atoms with Crippen LogP contribution in [0.4, 0.5) is 5.69 Å². The lowest BCUT2D eigenvalue weighted by Crippen LogP contribution is -2.42. The molecule has 0 radical (unpaired) electrons. The Bertz CT molecular complexity index is 1020. The van der Waals surface area contributed by atoms with Crippen molar-refractivity contribution in [3.63, 3.8) is 0 Å². The van der Waals surface area contributed by atoms with Gasteiger partial charge >= 0.3 is 0 Å². The summed E-state index contributed by atoms with van der Waals surface area (Å²) in [6.45, 7) is 0. The number of aromatic nitrogens is 1. The minimum Gasteiger partial charge on any atom is -0.322 e. The highest BCUT2D eigenvalue weighted by molar-refractivity contribution is 6.20. The van der Waals surface area contributed by atoms with Gasteiger partial charge in [-0.1, -0.05) is 54.6 Å². The van der Waals surface area contributed by atoms with Crippen LogP contribution >= 0.6 is 0 Å². The van der Waals surface area contributed by atoms with Crippen LogP contribution in [0.25, 0.3) is 0 Å². The standard InChI is InChI=1S/C21H16N4O2/c26-20(17-12-6-7-13-22-17)25-19-21(27)23-16-11-5-4-10-15(16)18(24-19)14-8-2-1-3-9-14/h1-13,19H,(H,23,27)(H,25,26). The first-order valence-electron chi connectivity index (χ1n) is 8.48. The van der Waals surface area contributed by atoms with Crippen LogP contribution < -0.4 is 10.6 Å². The molecule has 2 heterocycles. The molecule has 132 valence electrons. The third-order valence-corrected chi connectivity index (χ3v) is 4.16. The van der Waals surface area contributed by atoms with Gasteiger partial charge in [0.2, 0.25) is 6.17 Å². The molecule has 0 bridgehead atoms. The Kier molecular flexibility index (Phi) is 4.45. The summed E-state index contributed by atoms with van der Waals surface area (Å²) in [5, 5.41) is 5.50. The lowest BCUT2D eigenvalue weighted by atomic mass is 10.0. The number of rotatable bonds is 3. The zero-order valence-electron chi connectivity index (χ0n) is 14.3. The smallest absolute Gasteiger partial charge is 0.271 e. The summed E-state index contributed by atoms with van der Waals surface area (Å²) in [5.74, 6) is -0.865. The number of pyridine rings is 1. The largest absolute Gasteiger partial charge is 0.322 e. The number of hydrogen-bond donors (Lipinski definition) is 2. The van der Waals surface area contributed by atoms with E-state index in [0.717, 1.165) is 11.1 Å². The van der Waals surface area contributed by atoms with Crippen molar-refractivity contribution in [1.29, 1.82) is 0 Å². The van der Waals surface area contributed by atoms with E-state index in [1.165, 1.54) is 6.20 Å². The van der Waals surface area contributed by atoms with E-state index in [-0.39, 0.29) is 5.69 Å². The highest BCUT2D eigenvalue weighted by Gasteiger charge is 2.27. The van der Waals surface area contributed by atoms with Gasteiger partial charge in [0.25, 0.3) is 11.8 Å². The van der Waals surface area contributed by atoms with Crippen molar-refractivity contribution >= 4 is 23.2 Å². The molecule has 2 N–H and O–H groups in total. The van der Waals surface area contributed by atoms with E-state index in [1.54, 1.807) is 18.2 Å². The number of fused-ring (bicyclic) bond motifs is 1. The third-order valence-electron chi connectivity index (χ3n) is 4.16. The number of nitrogens with one attached hydrogen (secondary N) is 2. The maximum absolute atomic E-state index is 12.7. The van der Waals surface area contributed by atoms with E-state index >= 15 is 0 Å². The van der Waals surface area contributed by atoms with E-state index in [4.69, 9.17) is 0 Å². The van der Waals surface area contributed by atoms with Crippen LogP contribution in [0.1, 0.15) is 21.6 Å². The Morgan fingerprint density at radius 2 is 1.67 bits per heavy atom. The normalized spacial score (nSPS) is 15.8. The second-order valence-corrected chi connectivity index (χ2v) is 5.97. The van der Waals surface area contributed by atoms with E-state index in [0.29, 0.717) is 11.4 Å². The number of hydrogen-bond acceptors (Lipinski definition) is 4. The molecule has 1 unspecified atom stereocenters. The van der Waals surface area contributed by atoms with Gasteiger partial charge in [0, 0.05) is 17.3 Å². The van der Waals surface area contributed by atoms with E-state index < -0.39 is 18.0 Å². The number of carbonyl (C=O) groups excluding carboxylic acids is 2. The first kappa shape index (κ1) is 16.7. The van der Waals surface area contributed by atoms with E-state index in [9.17, 15) is 9.59 Å². The summed E-state index contributed by atoms with van der Waals surface area (Å²) >= 11 is 0. The maximum Gasteiger partial charge on any atom is 0.271 e. The fraction of sp³-hybridized carbons (Fsp3) is 0.0476. The first-order valence-corrected chi connectivity index (χ1v) is 8.48. The molecule has 1 aromatic heterocycles. The fourth-order valence-electron chi connectivity index (χ4n) is 2.88. The average molecular weight is 356 g/mol. The van der Waals surface area contributed by atoms with Crippen molar-refractivity contribution in [1.82, 2.24) is 10.3 Å². The number of nitrogens with zero attached hydrogens (tertiary/aromatic N) is 2. The van der Waals surface area contributed by atoms with E-state index in [2.05, 4.69) is 20.6 Å². The van der Waals surface area contributed by atoms with Gasteiger partial charge in [-0.15, -0.1) is 0 Å². The molecule has 0 aliphatic carbocycles. The quantitative estimate of drug-likeness (QED) is 0.757. The molecule has 2 aromatic carbocycles. The molecule has 2 amide bonds. The van der Waals surface area contributed by atoms with Crippen molar-refractivity contribution in [3.05, 3.63) is 95.8 Å². The summed E-state index contributed by atoms with van der Waals surface area (Å²) in [7, 11) is 0. The van der Waals surface area contributed by atoms with Crippen LogP contribution in [0.15, 0.2) is 84.0 Å². The SMILES string of the molecule is O=C(NC1N=C(c2ccccc2)c2ccccc2NC1=O)c1ccccn1. The van der Waals surface area contributed by atoms with Gasteiger partial charge in [-0.05, 0) is 18.2 Å². The molecule has 6 nitrogen and oxygen atoms in total. The molecule has 0 saturated carbocycles. The molecule has 6 heteroatoms. The van der Waals surface area contributed by atoms with Crippen LogP contribution in [0.3, 0.4) is 0 Å². The summed E-state index contributed by atoms with van der Waals surface area (Å²) < 4.78 is 0. The molecule has 0 fully saturated rings. The summed E-state index contributed by atoms with van der Waals surface area (Å²) in [5.41, 5.74) is 3.17. The van der Waals surface area contributed by atoms with Crippen molar-refractivity contribution in [2.45, 2.75) is 6.17 Å². The van der Waals surface area contributed by atoms with Crippen LogP contribution in [-0.2, 0) is 4.79 Å². The van der Waals surface area contributed by atoms with Gasteiger partial charge in [0.1, 0.15) is 5.69 Å². The summed E-state index contributed by atoms with van der Waals surface area (Å²) in [6, 6.07) is 22.0. The van der Waals surface area contributed by atoms with Crippen molar-refractivity contribution in [3.8, 4) is 0 Å². The lowest BCUT2D eigenvalue weighted by molar-refractivity contribution is -0.117. The molecule has 1 aliphatic heterocycles. The van der Waals surface area contributed by atoms with Crippen LogP contribution in [0.2, 0.25) is 0 Å². The number of anilines is 1. The Hall–Kier alpha value is -3.80. The Balaban J connectivity index is 1.74. The van der Waals surface area contributed by atoms with E-state index in [1.807, 2.05) is 54.6 Å². The number of carbonyl (C=O) groups is 2. The molecular formula is C21H16N4O2. The van der Waals surface area contributed by atoms with Crippen LogP contribution in [0.5, 0.6) is 0 Å².